The van der Waals surface area contributed by atoms with Gasteiger partial charge in [0, 0.05) is 33.4 Å². The van der Waals surface area contributed by atoms with Crippen LogP contribution in [0.4, 0.5) is 28.4 Å². The first-order valence-corrected chi connectivity index (χ1v) is 26.4. The summed E-state index contributed by atoms with van der Waals surface area (Å²) in [6.07, 6.45) is 8.62. The van der Waals surface area contributed by atoms with Gasteiger partial charge in [-0.1, -0.05) is 177 Å². The zero-order valence-corrected chi connectivity index (χ0v) is 44.7. The highest BCUT2D eigenvalue weighted by Crippen LogP contribution is 2.64. The third-order valence-electron chi connectivity index (χ3n) is 18.6. The van der Waals surface area contributed by atoms with E-state index in [9.17, 15) is 0 Å². The van der Waals surface area contributed by atoms with Crippen molar-refractivity contribution in [2.45, 2.75) is 176 Å². The molecule has 2 unspecified atom stereocenters. The quantitative estimate of drug-likeness (QED) is 0.161. The van der Waals surface area contributed by atoms with E-state index in [0.29, 0.717) is 0 Å². The van der Waals surface area contributed by atoms with Gasteiger partial charge in [0.15, 0.2) is 0 Å². The molecule has 0 fully saturated rings. The number of benzene rings is 5. The molecular formula is C65H75BN2O. The lowest BCUT2D eigenvalue weighted by Gasteiger charge is -2.60. The topological polar surface area (TPSA) is 19.6 Å². The summed E-state index contributed by atoms with van der Waals surface area (Å²) in [6, 6.07) is 36.0. The van der Waals surface area contributed by atoms with Crippen molar-refractivity contribution in [3.63, 3.8) is 0 Å². The first kappa shape index (κ1) is 45.0. The van der Waals surface area contributed by atoms with Crippen LogP contribution >= 0.6 is 0 Å². The van der Waals surface area contributed by atoms with Crippen molar-refractivity contribution < 1.29 is 4.42 Å². The zero-order valence-electron chi connectivity index (χ0n) is 44.7. The molecule has 0 spiro atoms. The highest BCUT2D eigenvalue weighted by molar-refractivity contribution is 7.00. The van der Waals surface area contributed by atoms with Crippen molar-refractivity contribution >= 4 is 62.7 Å². The van der Waals surface area contributed by atoms with Crippen LogP contribution in [0, 0.1) is 10.8 Å². The van der Waals surface area contributed by atoms with Crippen molar-refractivity contribution in [3.05, 3.63) is 142 Å². The van der Waals surface area contributed by atoms with Crippen LogP contribution in [0.3, 0.4) is 0 Å². The number of hydrogen-bond acceptors (Lipinski definition) is 3. The van der Waals surface area contributed by atoms with Gasteiger partial charge in [-0.3, -0.25) is 0 Å². The Morgan fingerprint density at radius 1 is 0.594 bits per heavy atom. The van der Waals surface area contributed by atoms with Crippen LogP contribution in [0.1, 0.15) is 171 Å². The Labute approximate surface area is 414 Å². The van der Waals surface area contributed by atoms with Gasteiger partial charge in [-0.2, -0.15) is 0 Å². The van der Waals surface area contributed by atoms with E-state index < -0.39 is 0 Å². The predicted octanol–water partition coefficient (Wildman–Crippen LogP) is 15.9. The number of allylic oxidation sites excluding steroid dienone is 2. The van der Waals surface area contributed by atoms with E-state index in [0.717, 1.165) is 24.1 Å². The Bertz CT molecular complexity index is 3260. The number of nitrogens with zero attached hydrogens (tertiary/aromatic N) is 2. The Kier molecular flexibility index (Phi) is 9.13. The molecule has 5 aromatic carbocycles. The summed E-state index contributed by atoms with van der Waals surface area (Å²) >= 11 is 0. The number of hydrogen-bond donors (Lipinski definition) is 0. The molecule has 0 N–H and O–H groups in total. The Hall–Kier alpha value is -5.22. The van der Waals surface area contributed by atoms with E-state index in [1.165, 1.54) is 97.4 Å². The van der Waals surface area contributed by atoms with Gasteiger partial charge >= 0.3 is 0 Å². The molecule has 12 rings (SSSR count). The second kappa shape index (κ2) is 14.0. The fourth-order valence-electron chi connectivity index (χ4n) is 14.0. The van der Waals surface area contributed by atoms with E-state index in [4.69, 9.17) is 4.42 Å². The Morgan fingerprint density at radius 2 is 1.23 bits per heavy atom. The van der Waals surface area contributed by atoms with Crippen LogP contribution in [-0.2, 0) is 27.1 Å². The van der Waals surface area contributed by atoms with E-state index in [1.54, 1.807) is 22.3 Å². The number of rotatable bonds is 2. The van der Waals surface area contributed by atoms with Crippen LogP contribution in [-0.4, -0.2) is 12.8 Å². The summed E-state index contributed by atoms with van der Waals surface area (Å²) in [5.74, 6) is 0. The predicted molar refractivity (Wildman–Crippen MR) is 296 cm³/mol. The molecule has 3 aliphatic heterocycles. The summed E-state index contributed by atoms with van der Waals surface area (Å²) in [4.78, 5) is 5.60. The van der Waals surface area contributed by atoms with Crippen molar-refractivity contribution in [2.75, 3.05) is 9.80 Å². The Morgan fingerprint density at radius 3 is 1.93 bits per heavy atom. The van der Waals surface area contributed by atoms with Crippen molar-refractivity contribution in [1.82, 2.24) is 0 Å². The molecule has 2 atom stereocenters. The molecule has 3 nitrogen and oxygen atoms in total. The van der Waals surface area contributed by atoms with Crippen LogP contribution in [0.5, 0.6) is 0 Å². The summed E-state index contributed by atoms with van der Waals surface area (Å²) in [5.41, 5.74) is 25.8. The van der Waals surface area contributed by atoms with Gasteiger partial charge in [0.2, 0.25) is 0 Å². The van der Waals surface area contributed by atoms with Gasteiger partial charge in [0.25, 0.3) is 6.71 Å². The molecule has 1 aromatic heterocycles. The third kappa shape index (κ3) is 6.31. The molecule has 6 aliphatic rings. The molecule has 0 amide bonds. The van der Waals surface area contributed by atoms with E-state index in [-0.39, 0.29) is 50.7 Å². The van der Waals surface area contributed by atoms with E-state index in [2.05, 4.69) is 218 Å². The normalized spacial score (nSPS) is 22.7. The van der Waals surface area contributed by atoms with E-state index in [1.807, 2.05) is 0 Å². The molecule has 3 aliphatic carbocycles. The fourth-order valence-corrected chi connectivity index (χ4v) is 14.0. The molecule has 4 heteroatoms. The molecule has 69 heavy (non-hydrogen) atoms. The standard InChI is InChI=1S/C65H75BN2O/c1-59(2,3)39-22-26-49(42(32-39)38-20-18-17-19-21-38)67-51-34-41(61(7,8)9)35-52-55(51)66(58-56(67)43-33-40(60(4,5)6)23-27-53(43)69-58)48-25-24-44-54-57(48)68(52)50-37-46-45(63(12,13)28-29-64(46,14)15)36-47(50)65(54,16)31-30-62(44,10)11/h17-27,32-36,50H,28-31,37H2,1-16H3. The van der Waals surface area contributed by atoms with Gasteiger partial charge < -0.3 is 14.2 Å². The lowest BCUT2D eigenvalue weighted by molar-refractivity contribution is 0.248. The van der Waals surface area contributed by atoms with Gasteiger partial charge in [-0.15, -0.1) is 0 Å². The third-order valence-corrected chi connectivity index (χ3v) is 18.6. The van der Waals surface area contributed by atoms with Crippen molar-refractivity contribution in [1.29, 1.82) is 0 Å². The van der Waals surface area contributed by atoms with Gasteiger partial charge in [0.05, 0.1) is 23.1 Å². The maximum Gasteiger partial charge on any atom is 0.297 e. The smallest absolute Gasteiger partial charge is 0.297 e. The zero-order chi connectivity index (χ0) is 48.9. The molecule has 4 heterocycles. The molecular weight excluding hydrogens is 836 g/mol. The maximum absolute atomic E-state index is 7.58. The first-order valence-electron chi connectivity index (χ1n) is 26.4. The van der Waals surface area contributed by atoms with Crippen LogP contribution in [0.25, 0.3) is 22.1 Å². The van der Waals surface area contributed by atoms with Gasteiger partial charge in [-0.05, 0) is 156 Å². The molecule has 0 saturated carbocycles. The van der Waals surface area contributed by atoms with Crippen LogP contribution < -0.4 is 26.4 Å². The molecule has 0 saturated heterocycles. The monoisotopic (exact) mass is 911 g/mol. The highest BCUT2D eigenvalue weighted by atomic mass is 16.3. The summed E-state index contributed by atoms with van der Waals surface area (Å²) in [6.45, 7) is 39.0. The average molecular weight is 911 g/mol. The SMILES string of the molecule is CC1(C)CCC(C)(C)C2=C1C=C1C(C2)N2c3cc(C(C)(C)C)cc4c3B(c3ccc5c(c32)C1(C)CCC5(C)C)c1oc2ccc(C(C)(C)C)cc2c1N4c1ccc(C(C)(C)C)cc1-c1ccccc1. The van der Waals surface area contributed by atoms with Gasteiger partial charge in [-0.25, -0.2) is 0 Å². The number of anilines is 5. The largest absolute Gasteiger partial charge is 0.468 e. The Balaban J connectivity index is 1.24. The summed E-state index contributed by atoms with van der Waals surface area (Å²) < 4.78 is 7.58. The molecule has 0 radical (unpaired) electrons. The minimum atomic E-state index is -0.123. The van der Waals surface area contributed by atoms with Crippen molar-refractivity contribution in [2.24, 2.45) is 10.8 Å². The molecule has 0 bridgehead atoms. The van der Waals surface area contributed by atoms with Gasteiger partial charge in [0.1, 0.15) is 5.58 Å². The van der Waals surface area contributed by atoms with Crippen molar-refractivity contribution in [3.8, 4) is 11.1 Å². The van der Waals surface area contributed by atoms with Crippen LogP contribution in [0.15, 0.2) is 118 Å². The summed E-state index contributed by atoms with van der Waals surface area (Å²) in [5, 5.41) is 1.18. The molecule has 354 valence electrons. The fraction of sp³-hybridized carbons (Fsp3) is 0.446. The summed E-state index contributed by atoms with van der Waals surface area (Å²) in [7, 11) is 0. The van der Waals surface area contributed by atoms with Crippen LogP contribution in [0.2, 0.25) is 0 Å². The number of fused-ring (bicyclic) bond motifs is 9. The highest BCUT2D eigenvalue weighted by Gasteiger charge is 2.58. The number of furan rings is 1. The molecule has 6 aromatic rings. The minimum Gasteiger partial charge on any atom is -0.468 e. The van der Waals surface area contributed by atoms with E-state index >= 15 is 0 Å². The second-order valence-corrected chi connectivity index (χ2v) is 27.6. The maximum atomic E-state index is 7.58. The second-order valence-electron chi connectivity index (χ2n) is 27.6. The average Bonchev–Trinajstić information content (AvgIpc) is 3.66. The first-order chi connectivity index (χ1) is 32.2. The lowest BCUT2D eigenvalue weighted by Crippen LogP contribution is -2.65. The minimum absolute atomic E-state index is 0.0295. The lowest BCUT2D eigenvalue weighted by atomic mass is 9.34.